The smallest absolute Gasteiger partial charge is 0.337 e. The van der Waals surface area contributed by atoms with E-state index in [1.165, 1.54) is 0 Å². The van der Waals surface area contributed by atoms with E-state index in [1.807, 2.05) is 0 Å². The molecule has 0 unspecified atom stereocenters. The van der Waals surface area contributed by atoms with Gasteiger partial charge in [0.2, 0.25) is 0 Å². The van der Waals surface area contributed by atoms with Crippen LogP contribution in [0.3, 0.4) is 0 Å². The molecule has 0 bridgehead atoms. The number of nitrogens with one attached hydrogen (secondary N) is 3. The Morgan fingerprint density at radius 2 is 2.05 bits per heavy atom. The molecule has 0 saturated carbocycles. The van der Waals surface area contributed by atoms with Crippen LogP contribution in [-0.2, 0) is 9.53 Å². The van der Waals surface area contributed by atoms with Crippen molar-refractivity contribution in [3.8, 4) is 0 Å². The number of rotatable bonds is 4. The van der Waals surface area contributed by atoms with Gasteiger partial charge < -0.3 is 20.7 Å². The molecule has 0 aromatic carbocycles. The Morgan fingerprint density at radius 1 is 1.33 bits per heavy atom. The van der Waals surface area contributed by atoms with E-state index in [0.29, 0.717) is 36.3 Å². The number of urea groups is 1. The monoisotopic (exact) mass is 294 g/mol. The molecule has 0 aromatic heterocycles. The van der Waals surface area contributed by atoms with Gasteiger partial charge in [-0.3, -0.25) is 4.90 Å². The van der Waals surface area contributed by atoms with E-state index >= 15 is 0 Å². The van der Waals surface area contributed by atoms with Gasteiger partial charge in [-0.05, 0) is 31.8 Å². The Morgan fingerprint density at radius 3 is 2.71 bits per heavy atom. The molecule has 21 heavy (non-hydrogen) atoms. The summed E-state index contributed by atoms with van der Waals surface area (Å²) in [7, 11) is 0. The predicted octanol–water partition coefficient (Wildman–Crippen LogP) is -0.732. The normalized spacial score (nSPS) is 29.1. The summed E-state index contributed by atoms with van der Waals surface area (Å²) in [5.74, 6) is 1.03. The third-order valence-corrected chi connectivity index (χ3v) is 4.42. The molecule has 0 radical (unpaired) electrons. The van der Waals surface area contributed by atoms with Gasteiger partial charge in [0.05, 0.1) is 18.7 Å². The van der Waals surface area contributed by atoms with Crippen LogP contribution in [0.2, 0.25) is 0 Å². The van der Waals surface area contributed by atoms with Gasteiger partial charge in [-0.2, -0.15) is 0 Å². The lowest BCUT2D eigenvalue weighted by Crippen LogP contribution is -2.46. The highest BCUT2D eigenvalue weighted by molar-refractivity contribution is 5.93. The number of carbonyl (C=O) groups excluding carboxylic acids is 2. The first-order valence-electron chi connectivity index (χ1n) is 7.54. The van der Waals surface area contributed by atoms with Gasteiger partial charge >= 0.3 is 12.0 Å². The van der Waals surface area contributed by atoms with Crippen molar-refractivity contribution in [3.63, 3.8) is 0 Å². The summed E-state index contributed by atoms with van der Waals surface area (Å²) in [4.78, 5) is 25.8. The zero-order chi connectivity index (χ0) is 14.8. The van der Waals surface area contributed by atoms with Crippen LogP contribution in [0.5, 0.6) is 0 Å². The molecule has 2 atom stereocenters. The van der Waals surface area contributed by atoms with E-state index in [-0.39, 0.29) is 18.5 Å². The van der Waals surface area contributed by atoms with Crippen molar-refractivity contribution in [2.45, 2.75) is 6.92 Å². The Kier molecular flexibility index (Phi) is 4.12. The van der Waals surface area contributed by atoms with Gasteiger partial charge in [0.25, 0.3) is 0 Å². The van der Waals surface area contributed by atoms with Crippen molar-refractivity contribution in [1.82, 2.24) is 20.9 Å². The van der Waals surface area contributed by atoms with E-state index in [4.69, 9.17) is 4.74 Å². The van der Waals surface area contributed by atoms with Crippen molar-refractivity contribution < 1.29 is 14.3 Å². The average molecular weight is 294 g/mol. The molecule has 7 heteroatoms. The Bertz CT molecular complexity index is 465. The van der Waals surface area contributed by atoms with Crippen LogP contribution in [0.25, 0.3) is 0 Å². The molecule has 2 fully saturated rings. The van der Waals surface area contributed by atoms with Crippen LogP contribution >= 0.6 is 0 Å². The number of nitrogens with zero attached hydrogens (tertiary/aromatic N) is 1. The summed E-state index contributed by atoms with van der Waals surface area (Å²) in [6.07, 6.45) is 0. The van der Waals surface area contributed by atoms with Crippen molar-refractivity contribution in [2.24, 2.45) is 11.8 Å². The lowest BCUT2D eigenvalue weighted by atomic mass is 10.0. The summed E-state index contributed by atoms with van der Waals surface area (Å²) in [5.41, 5.74) is 1.22. The summed E-state index contributed by atoms with van der Waals surface area (Å²) in [6.45, 7) is 7.13. The lowest BCUT2D eigenvalue weighted by Gasteiger charge is -2.25. The minimum atomic E-state index is -0.346. The molecule has 2 amide bonds. The Balaban J connectivity index is 1.70. The molecule has 7 nitrogen and oxygen atoms in total. The lowest BCUT2D eigenvalue weighted by molar-refractivity contribution is -0.138. The fraction of sp³-hybridized carbons (Fsp3) is 0.714. The second-order valence-corrected chi connectivity index (χ2v) is 5.86. The SMILES string of the molecule is CCOC(=O)C1=C(CN2C[C@H]3CNC[C@H]3C2)NC(=O)NC1. The molecular formula is C14H22N4O3. The molecule has 2 saturated heterocycles. The van der Waals surface area contributed by atoms with Crippen molar-refractivity contribution in [3.05, 3.63) is 11.3 Å². The zero-order valence-electron chi connectivity index (χ0n) is 12.3. The standard InChI is InChI=1S/C14H22N4O3/c1-2-21-13(19)11-5-16-14(20)17-12(11)8-18-6-9-3-15-4-10(9)7-18/h9-10,15H,2-8H2,1H3,(H2,16,17,20)/t9-,10+. The van der Waals surface area contributed by atoms with Crippen LogP contribution in [0.4, 0.5) is 4.79 Å². The molecule has 0 aromatic rings. The van der Waals surface area contributed by atoms with Crippen LogP contribution < -0.4 is 16.0 Å². The molecule has 3 heterocycles. The van der Waals surface area contributed by atoms with Crippen molar-refractivity contribution in [1.29, 1.82) is 0 Å². The summed E-state index contributed by atoms with van der Waals surface area (Å²) in [6, 6.07) is -0.251. The fourth-order valence-corrected chi connectivity index (χ4v) is 3.39. The van der Waals surface area contributed by atoms with Crippen molar-refractivity contribution in [2.75, 3.05) is 45.9 Å². The van der Waals surface area contributed by atoms with Gasteiger partial charge in [0, 0.05) is 25.3 Å². The van der Waals surface area contributed by atoms with Crippen LogP contribution in [0.1, 0.15) is 6.92 Å². The molecule has 3 aliphatic heterocycles. The Labute approximate surface area is 124 Å². The van der Waals surface area contributed by atoms with Gasteiger partial charge in [0.15, 0.2) is 0 Å². The molecule has 3 N–H and O–H groups in total. The maximum absolute atomic E-state index is 12.0. The number of esters is 1. The maximum atomic E-state index is 12.0. The van der Waals surface area contributed by atoms with E-state index in [1.54, 1.807) is 6.92 Å². The third-order valence-electron chi connectivity index (χ3n) is 4.42. The van der Waals surface area contributed by atoms with E-state index in [2.05, 4.69) is 20.9 Å². The molecule has 3 rings (SSSR count). The maximum Gasteiger partial charge on any atom is 0.337 e. The number of likely N-dealkylation sites (tertiary alicyclic amines) is 1. The largest absolute Gasteiger partial charge is 0.463 e. The zero-order valence-corrected chi connectivity index (χ0v) is 12.3. The molecule has 116 valence electrons. The van der Waals surface area contributed by atoms with Crippen LogP contribution in [0.15, 0.2) is 11.3 Å². The fourth-order valence-electron chi connectivity index (χ4n) is 3.39. The summed E-state index contributed by atoms with van der Waals surface area (Å²) >= 11 is 0. The average Bonchev–Trinajstić information content (AvgIpc) is 3.00. The number of fused-ring (bicyclic) bond motifs is 1. The number of amides is 2. The van der Waals surface area contributed by atoms with Crippen LogP contribution in [-0.4, -0.2) is 62.8 Å². The second-order valence-electron chi connectivity index (χ2n) is 5.86. The highest BCUT2D eigenvalue weighted by atomic mass is 16.5. The van der Waals surface area contributed by atoms with E-state index in [9.17, 15) is 9.59 Å². The summed E-state index contributed by atoms with van der Waals surface area (Å²) in [5, 5.41) is 8.81. The molecule has 0 aliphatic carbocycles. The molecular weight excluding hydrogens is 272 g/mol. The van der Waals surface area contributed by atoms with Gasteiger partial charge in [0.1, 0.15) is 0 Å². The topological polar surface area (TPSA) is 82.7 Å². The minimum Gasteiger partial charge on any atom is -0.463 e. The van der Waals surface area contributed by atoms with Gasteiger partial charge in [-0.25, -0.2) is 9.59 Å². The molecule has 3 aliphatic rings. The summed E-state index contributed by atoms with van der Waals surface area (Å²) < 4.78 is 5.07. The quantitative estimate of drug-likeness (QED) is 0.595. The van der Waals surface area contributed by atoms with Gasteiger partial charge in [-0.15, -0.1) is 0 Å². The number of hydrogen-bond donors (Lipinski definition) is 3. The first kappa shape index (κ1) is 14.3. The minimum absolute atomic E-state index is 0.238. The predicted molar refractivity (Wildman–Crippen MR) is 76.5 cm³/mol. The second kappa shape index (κ2) is 6.03. The van der Waals surface area contributed by atoms with Crippen LogP contribution in [0, 0.1) is 11.8 Å². The number of ether oxygens (including phenoxy) is 1. The van der Waals surface area contributed by atoms with E-state index < -0.39 is 0 Å². The first-order valence-corrected chi connectivity index (χ1v) is 7.54. The Hall–Kier alpha value is -1.60. The highest BCUT2D eigenvalue weighted by Crippen LogP contribution is 2.27. The number of carbonyl (C=O) groups is 2. The highest BCUT2D eigenvalue weighted by Gasteiger charge is 2.37. The van der Waals surface area contributed by atoms with Crippen molar-refractivity contribution >= 4 is 12.0 Å². The van der Waals surface area contributed by atoms with Gasteiger partial charge in [-0.1, -0.05) is 0 Å². The van der Waals surface area contributed by atoms with E-state index in [0.717, 1.165) is 26.2 Å². The third kappa shape index (κ3) is 3.03. The number of hydrogen-bond acceptors (Lipinski definition) is 5. The molecule has 0 spiro atoms. The first-order chi connectivity index (χ1) is 10.2.